The molecule has 5 heteroatoms. The van der Waals surface area contributed by atoms with Gasteiger partial charge in [0.25, 0.3) is 0 Å². The fourth-order valence-corrected chi connectivity index (χ4v) is 1.26. The smallest absolute Gasteiger partial charge is 0.246 e. The van der Waals surface area contributed by atoms with Crippen molar-refractivity contribution in [3.63, 3.8) is 0 Å². The normalized spacial score (nSPS) is 9.47. The van der Waals surface area contributed by atoms with Crippen molar-refractivity contribution in [3.05, 3.63) is 35.9 Å². The van der Waals surface area contributed by atoms with Gasteiger partial charge in [0.2, 0.25) is 5.91 Å². The van der Waals surface area contributed by atoms with Crippen molar-refractivity contribution in [1.82, 2.24) is 5.32 Å². The van der Waals surface area contributed by atoms with E-state index in [9.17, 15) is 4.79 Å². The van der Waals surface area contributed by atoms with Crippen LogP contribution in [0.1, 0.15) is 5.56 Å². The second-order valence-electron chi connectivity index (χ2n) is 3.43. The molecule has 1 amide bonds. The Morgan fingerprint density at radius 2 is 2.00 bits per heavy atom. The zero-order valence-corrected chi connectivity index (χ0v) is 10.5. The van der Waals surface area contributed by atoms with E-state index in [1.165, 1.54) is 5.56 Å². The maximum absolute atomic E-state index is 11.1. The van der Waals surface area contributed by atoms with Gasteiger partial charge >= 0.3 is 0 Å². The molecule has 96 valence electrons. The van der Waals surface area contributed by atoms with E-state index in [1.54, 1.807) is 0 Å². The number of carbonyl (C=O) groups is 1. The Labute approximate surface area is 108 Å². The first kappa shape index (κ1) is 15.9. The maximum atomic E-state index is 11.1. The molecule has 0 heterocycles. The van der Waals surface area contributed by atoms with Gasteiger partial charge in [-0.2, -0.15) is 0 Å². The van der Waals surface area contributed by atoms with Gasteiger partial charge in [-0.1, -0.05) is 30.3 Å². The van der Waals surface area contributed by atoms with E-state index in [0.29, 0.717) is 19.7 Å². The van der Waals surface area contributed by atoms with Gasteiger partial charge in [0.05, 0.1) is 6.61 Å². The van der Waals surface area contributed by atoms with Crippen LogP contribution in [0, 0.1) is 0 Å². The molecule has 1 aromatic carbocycles. The van der Waals surface area contributed by atoms with Crippen LogP contribution >= 0.6 is 12.4 Å². The van der Waals surface area contributed by atoms with Crippen molar-refractivity contribution in [2.75, 3.05) is 26.3 Å². The minimum Gasteiger partial charge on any atom is -0.371 e. The molecule has 0 aliphatic rings. The van der Waals surface area contributed by atoms with Crippen molar-refractivity contribution < 1.29 is 9.53 Å². The Bertz CT molecular complexity index is 307. The average Bonchev–Trinajstić information content (AvgIpc) is 2.33. The molecule has 0 saturated carbocycles. The summed E-state index contributed by atoms with van der Waals surface area (Å²) < 4.78 is 5.24. The number of amides is 1. The molecule has 3 N–H and O–H groups in total. The summed E-state index contributed by atoms with van der Waals surface area (Å²) in [5.41, 5.74) is 6.46. The molecule has 0 aliphatic heterocycles. The van der Waals surface area contributed by atoms with Crippen molar-refractivity contribution in [1.29, 1.82) is 0 Å². The minimum absolute atomic E-state index is 0. The standard InChI is InChI=1S/C12H18N2O2.ClH/c13-7-8-14-12(15)10-16-9-6-11-4-2-1-3-5-11;/h1-5H,6-10,13H2,(H,14,15);1H. The van der Waals surface area contributed by atoms with Gasteiger partial charge < -0.3 is 15.8 Å². The molecule has 4 nitrogen and oxygen atoms in total. The van der Waals surface area contributed by atoms with Gasteiger partial charge in [-0.3, -0.25) is 4.79 Å². The van der Waals surface area contributed by atoms with Crippen LogP contribution in [-0.2, 0) is 16.0 Å². The van der Waals surface area contributed by atoms with Gasteiger partial charge in [0.1, 0.15) is 6.61 Å². The average molecular weight is 259 g/mol. The lowest BCUT2D eigenvalue weighted by Crippen LogP contribution is -2.32. The van der Waals surface area contributed by atoms with Crippen LogP contribution in [0.3, 0.4) is 0 Å². The molecule has 17 heavy (non-hydrogen) atoms. The van der Waals surface area contributed by atoms with Gasteiger partial charge in [-0.05, 0) is 12.0 Å². The van der Waals surface area contributed by atoms with Crippen molar-refractivity contribution >= 4 is 18.3 Å². The monoisotopic (exact) mass is 258 g/mol. The Morgan fingerprint density at radius 3 is 2.65 bits per heavy atom. The molecule has 0 radical (unpaired) electrons. The molecular formula is C12H19ClN2O2. The zero-order valence-electron chi connectivity index (χ0n) is 9.72. The van der Waals surface area contributed by atoms with E-state index >= 15 is 0 Å². The van der Waals surface area contributed by atoms with Crippen LogP contribution < -0.4 is 11.1 Å². The van der Waals surface area contributed by atoms with Crippen LogP contribution in [0.15, 0.2) is 30.3 Å². The Morgan fingerprint density at radius 1 is 1.29 bits per heavy atom. The largest absolute Gasteiger partial charge is 0.371 e. The number of halogens is 1. The Balaban J connectivity index is 0.00000256. The van der Waals surface area contributed by atoms with Crippen LogP contribution in [0.4, 0.5) is 0 Å². The molecule has 0 bridgehead atoms. The van der Waals surface area contributed by atoms with Crippen LogP contribution in [0.5, 0.6) is 0 Å². The van der Waals surface area contributed by atoms with Gasteiger partial charge in [-0.25, -0.2) is 0 Å². The molecule has 0 spiro atoms. The summed E-state index contributed by atoms with van der Waals surface area (Å²) in [6, 6.07) is 10.0. The summed E-state index contributed by atoms with van der Waals surface area (Å²) in [6.07, 6.45) is 0.824. The van der Waals surface area contributed by atoms with Gasteiger partial charge in [0, 0.05) is 13.1 Å². The first-order valence-electron chi connectivity index (χ1n) is 5.41. The Kier molecular flexibility index (Phi) is 9.43. The highest BCUT2D eigenvalue weighted by Crippen LogP contribution is 1.99. The summed E-state index contributed by atoms with van der Waals surface area (Å²) in [5, 5.41) is 2.64. The van der Waals surface area contributed by atoms with Gasteiger partial charge in [-0.15, -0.1) is 12.4 Å². The minimum atomic E-state index is -0.112. The van der Waals surface area contributed by atoms with Crippen molar-refractivity contribution in [3.8, 4) is 0 Å². The molecule has 1 rings (SSSR count). The molecule has 0 aromatic heterocycles. The highest BCUT2D eigenvalue weighted by molar-refractivity contribution is 5.85. The lowest BCUT2D eigenvalue weighted by Gasteiger charge is -2.05. The van der Waals surface area contributed by atoms with Crippen LogP contribution in [0.2, 0.25) is 0 Å². The molecule has 0 unspecified atom stereocenters. The summed E-state index contributed by atoms with van der Waals surface area (Å²) in [4.78, 5) is 11.1. The van der Waals surface area contributed by atoms with E-state index in [-0.39, 0.29) is 24.9 Å². The summed E-state index contributed by atoms with van der Waals surface area (Å²) in [7, 11) is 0. The van der Waals surface area contributed by atoms with Crippen LogP contribution in [0.25, 0.3) is 0 Å². The summed E-state index contributed by atoms with van der Waals surface area (Å²) in [5.74, 6) is -0.112. The fraction of sp³-hybridized carbons (Fsp3) is 0.417. The fourth-order valence-electron chi connectivity index (χ4n) is 1.26. The molecule has 1 aromatic rings. The molecule has 0 atom stereocenters. The lowest BCUT2D eigenvalue weighted by molar-refractivity contribution is -0.125. The van der Waals surface area contributed by atoms with E-state index in [2.05, 4.69) is 5.32 Å². The highest BCUT2D eigenvalue weighted by Gasteiger charge is 1.99. The second-order valence-corrected chi connectivity index (χ2v) is 3.43. The predicted molar refractivity (Wildman–Crippen MR) is 70.3 cm³/mol. The first-order chi connectivity index (χ1) is 7.83. The third-order valence-electron chi connectivity index (χ3n) is 2.08. The van der Waals surface area contributed by atoms with Crippen LogP contribution in [-0.4, -0.2) is 32.2 Å². The highest BCUT2D eigenvalue weighted by atomic mass is 35.5. The summed E-state index contributed by atoms with van der Waals surface area (Å²) >= 11 is 0. The number of ether oxygens (including phenoxy) is 1. The maximum Gasteiger partial charge on any atom is 0.246 e. The van der Waals surface area contributed by atoms with Crippen molar-refractivity contribution in [2.24, 2.45) is 5.73 Å². The zero-order chi connectivity index (χ0) is 11.6. The Hall–Kier alpha value is -1.10. The van der Waals surface area contributed by atoms with E-state index < -0.39 is 0 Å². The molecule has 0 saturated heterocycles. The quantitative estimate of drug-likeness (QED) is 0.709. The first-order valence-corrected chi connectivity index (χ1v) is 5.41. The van der Waals surface area contributed by atoms with E-state index in [4.69, 9.17) is 10.5 Å². The predicted octanol–water partition coefficient (Wildman–Crippen LogP) is 0.742. The van der Waals surface area contributed by atoms with E-state index in [0.717, 1.165) is 6.42 Å². The number of nitrogens with two attached hydrogens (primary N) is 1. The number of rotatable bonds is 7. The third-order valence-corrected chi connectivity index (χ3v) is 2.08. The molecule has 0 aliphatic carbocycles. The SMILES string of the molecule is Cl.NCCNC(=O)COCCc1ccccc1. The number of nitrogens with one attached hydrogen (secondary N) is 1. The number of carbonyl (C=O) groups excluding carboxylic acids is 1. The second kappa shape index (κ2) is 10.1. The van der Waals surface area contributed by atoms with E-state index in [1.807, 2.05) is 30.3 Å². The van der Waals surface area contributed by atoms with Crippen molar-refractivity contribution in [2.45, 2.75) is 6.42 Å². The molecule has 0 fully saturated rings. The lowest BCUT2D eigenvalue weighted by atomic mass is 10.2. The topological polar surface area (TPSA) is 64.3 Å². The van der Waals surface area contributed by atoms with Gasteiger partial charge in [0.15, 0.2) is 0 Å². The number of hydrogen-bond donors (Lipinski definition) is 2. The molecular weight excluding hydrogens is 240 g/mol. The number of benzene rings is 1. The summed E-state index contributed by atoms with van der Waals surface area (Å²) in [6.45, 7) is 1.61. The third kappa shape index (κ3) is 7.74. The number of hydrogen-bond acceptors (Lipinski definition) is 3.